The molecule has 0 aliphatic rings. The summed E-state index contributed by atoms with van der Waals surface area (Å²) in [5.41, 5.74) is 4.02. The second-order valence-corrected chi connectivity index (χ2v) is 12.6. The van der Waals surface area contributed by atoms with Gasteiger partial charge in [0, 0.05) is 10.8 Å². The lowest BCUT2D eigenvalue weighted by atomic mass is 10.0. The van der Waals surface area contributed by atoms with E-state index in [-0.39, 0.29) is 11.7 Å². The highest BCUT2D eigenvalue weighted by Gasteiger charge is 2.19. The lowest BCUT2D eigenvalue weighted by molar-refractivity contribution is 1.43. The van der Waals surface area contributed by atoms with Gasteiger partial charge in [-0.15, -0.1) is 22.7 Å². The first kappa shape index (κ1) is 25.5. The van der Waals surface area contributed by atoms with Gasteiger partial charge in [-0.2, -0.15) is 0 Å². The molecule has 0 amide bonds. The fraction of sp³-hybridized carbons (Fsp3) is 0.0714. The SMILES string of the molecule is [C-]#[N+]C(C#N)=Nc1ccc(-c2nc3c(C)cc4c(cc(C)c5nc(-c6ccc(N=C(C#N)[N+]#[C-])s6)sc54)c3s2)s1. The first-order chi connectivity index (χ1) is 19.4. The monoisotopic (exact) mass is 588 g/mol. The van der Waals surface area contributed by atoms with Crippen molar-refractivity contribution in [3.8, 4) is 31.9 Å². The fourth-order valence-corrected chi connectivity index (χ4v) is 8.40. The third-order valence-electron chi connectivity index (χ3n) is 5.95. The molecule has 6 rings (SSSR count). The maximum Gasteiger partial charge on any atom is 0.350 e. The maximum absolute atomic E-state index is 9.02. The first-order valence-electron chi connectivity index (χ1n) is 11.5. The van der Waals surface area contributed by atoms with Gasteiger partial charge in [0.15, 0.2) is 0 Å². The summed E-state index contributed by atoms with van der Waals surface area (Å²) in [6.07, 6.45) is 0. The highest BCUT2D eigenvalue weighted by molar-refractivity contribution is 7.28. The van der Waals surface area contributed by atoms with E-state index >= 15 is 0 Å². The van der Waals surface area contributed by atoms with Gasteiger partial charge in [-0.1, -0.05) is 45.8 Å². The van der Waals surface area contributed by atoms with Crippen molar-refractivity contribution in [3.63, 3.8) is 0 Å². The standard InChI is InChI=1S/C28H12N8S4/c1-13-9-15-16(25-23(13)35-27(39-25)17-5-7-21(37-17)33-19(11-29)31-3)10-14(2)24-26(15)40-28(36-24)18-6-8-22(38-18)34-20(12-30)32-4/h5-10H,1-2H3. The molecule has 0 saturated heterocycles. The van der Waals surface area contributed by atoms with E-state index in [1.165, 1.54) is 22.7 Å². The second-order valence-electron chi connectivity index (χ2n) is 8.47. The molecule has 0 atom stereocenters. The minimum absolute atomic E-state index is 0.190. The Bertz CT molecular complexity index is 2060. The molecule has 6 aromatic rings. The number of benzene rings is 2. The van der Waals surface area contributed by atoms with Crippen molar-refractivity contribution in [2.45, 2.75) is 13.8 Å². The molecule has 40 heavy (non-hydrogen) atoms. The zero-order valence-electron chi connectivity index (χ0n) is 20.7. The number of rotatable bonds is 4. The van der Waals surface area contributed by atoms with Gasteiger partial charge in [-0.25, -0.2) is 20.5 Å². The largest absolute Gasteiger partial charge is 0.351 e. The van der Waals surface area contributed by atoms with Crippen LogP contribution in [-0.4, -0.2) is 21.6 Å². The summed E-state index contributed by atoms with van der Waals surface area (Å²) < 4.78 is 2.19. The number of hydrogen-bond acceptors (Lipinski definition) is 10. The van der Waals surface area contributed by atoms with Crippen molar-refractivity contribution in [3.05, 3.63) is 70.4 Å². The summed E-state index contributed by atoms with van der Waals surface area (Å²) in [5.74, 6) is -0.380. The zero-order valence-corrected chi connectivity index (χ0v) is 23.9. The van der Waals surface area contributed by atoms with Gasteiger partial charge in [0.25, 0.3) is 0 Å². The fourth-order valence-electron chi connectivity index (χ4n) is 4.22. The van der Waals surface area contributed by atoms with Crippen LogP contribution in [0, 0.1) is 49.7 Å². The van der Waals surface area contributed by atoms with Crippen LogP contribution in [0.2, 0.25) is 0 Å². The Kier molecular flexibility index (Phi) is 6.40. The molecule has 12 heteroatoms. The van der Waals surface area contributed by atoms with Crippen molar-refractivity contribution in [2.24, 2.45) is 9.98 Å². The zero-order chi connectivity index (χ0) is 28.0. The Morgan fingerprint density at radius 2 is 1.15 bits per heavy atom. The third-order valence-corrected chi connectivity index (χ3v) is 10.4. The van der Waals surface area contributed by atoms with E-state index in [9.17, 15) is 0 Å². The van der Waals surface area contributed by atoms with E-state index < -0.39 is 0 Å². The Morgan fingerprint density at radius 1 is 0.725 bits per heavy atom. The van der Waals surface area contributed by atoms with Crippen LogP contribution in [0.25, 0.3) is 60.7 Å². The lowest BCUT2D eigenvalue weighted by Gasteiger charge is -2.05. The number of nitriles is 2. The van der Waals surface area contributed by atoms with Crippen molar-refractivity contribution in [1.29, 1.82) is 10.5 Å². The average molecular weight is 589 g/mol. The number of aryl methyl sites for hydroxylation is 2. The van der Waals surface area contributed by atoms with Crippen LogP contribution >= 0.6 is 45.3 Å². The van der Waals surface area contributed by atoms with E-state index in [0.717, 1.165) is 62.1 Å². The molecule has 0 fully saturated rings. The highest BCUT2D eigenvalue weighted by atomic mass is 32.1. The highest BCUT2D eigenvalue weighted by Crippen LogP contribution is 2.45. The van der Waals surface area contributed by atoms with Gasteiger partial charge in [-0.3, -0.25) is 0 Å². The van der Waals surface area contributed by atoms with Crippen LogP contribution < -0.4 is 0 Å². The lowest BCUT2D eigenvalue weighted by Crippen LogP contribution is -1.84. The van der Waals surface area contributed by atoms with E-state index in [1.807, 2.05) is 12.1 Å². The number of aromatic nitrogens is 2. The molecule has 0 aliphatic heterocycles. The van der Waals surface area contributed by atoms with E-state index in [0.29, 0.717) is 10.0 Å². The Balaban J connectivity index is 1.48. The van der Waals surface area contributed by atoms with Crippen LogP contribution in [0.3, 0.4) is 0 Å². The quantitative estimate of drug-likeness (QED) is 0.116. The second kappa shape index (κ2) is 10.1. The molecule has 0 spiro atoms. The molecule has 0 saturated carbocycles. The number of thiazole rings is 2. The number of thiophene rings is 2. The first-order valence-corrected chi connectivity index (χ1v) is 14.8. The normalized spacial score (nSPS) is 11.9. The molecular formula is C28H12N8S4. The third kappa shape index (κ3) is 4.32. The number of amidine groups is 2. The number of nitrogens with zero attached hydrogens (tertiary/aromatic N) is 8. The summed E-state index contributed by atoms with van der Waals surface area (Å²) in [5, 5.41) is 23.2. The van der Waals surface area contributed by atoms with Crippen molar-refractivity contribution in [1.82, 2.24) is 9.97 Å². The van der Waals surface area contributed by atoms with Gasteiger partial charge in [0.05, 0.1) is 30.2 Å². The molecule has 4 aromatic heterocycles. The van der Waals surface area contributed by atoms with Crippen LogP contribution in [0.5, 0.6) is 0 Å². The Hall–Kier alpha value is -4.82. The van der Waals surface area contributed by atoms with Crippen molar-refractivity contribution >= 4 is 98.2 Å². The summed E-state index contributed by atoms with van der Waals surface area (Å²) in [6, 6.07) is 15.4. The van der Waals surface area contributed by atoms with Crippen LogP contribution in [-0.2, 0) is 0 Å². The topological polar surface area (TPSA) is 107 Å². The van der Waals surface area contributed by atoms with Crippen LogP contribution in [0.1, 0.15) is 11.1 Å². The average Bonchev–Trinajstić information content (AvgIpc) is 3.76. The summed E-state index contributed by atoms with van der Waals surface area (Å²) in [6.45, 7) is 18.2. The maximum atomic E-state index is 9.02. The van der Waals surface area contributed by atoms with E-state index in [4.69, 9.17) is 33.6 Å². The Morgan fingerprint density at radius 3 is 1.52 bits per heavy atom. The number of hydrogen-bond donors (Lipinski definition) is 0. The minimum atomic E-state index is -0.190. The van der Waals surface area contributed by atoms with Gasteiger partial charge in [0.2, 0.25) is 10.0 Å². The van der Waals surface area contributed by atoms with Crippen molar-refractivity contribution in [2.75, 3.05) is 0 Å². The molecule has 0 N–H and O–H groups in total. The summed E-state index contributed by atoms with van der Waals surface area (Å²) in [4.78, 5) is 26.3. The van der Waals surface area contributed by atoms with Crippen LogP contribution in [0.15, 0.2) is 46.4 Å². The number of fused-ring (bicyclic) bond motifs is 5. The molecule has 0 bridgehead atoms. The van der Waals surface area contributed by atoms with E-state index in [1.54, 1.807) is 46.9 Å². The van der Waals surface area contributed by atoms with Gasteiger partial charge < -0.3 is 9.69 Å². The minimum Gasteiger partial charge on any atom is -0.351 e. The van der Waals surface area contributed by atoms with Gasteiger partial charge >= 0.3 is 11.7 Å². The summed E-state index contributed by atoms with van der Waals surface area (Å²) in [7, 11) is 0. The molecule has 0 unspecified atom stereocenters. The molecule has 188 valence electrons. The molecular weight excluding hydrogens is 577 g/mol. The van der Waals surface area contributed by atoms with Crippen LogP contribution in [0.4, 0.5) is 10.0 Å². The summed E-state index contributed by atoms with van der Waals surface area (Å²) >= 11 is 6.04. The Labute approximate surface area is 243 Å². The van der Waals surface area contributed by atoms with Crippen molar-refractivity contribution < 1.29 is 0 Å². The molecule has 2 aromatic carbocycles. The predicted molar refractivity (Wildman–Crippen MR) is 165 cm³/mol. The molecule has 8 nitrogen and oxygen atoms in total. The smallest absolute Gasteiger partial charge is 0.350 e. The molecule has 4 heterocycles. The van der Waals surface area contributed by atoms with Gasteiger partial charge in [0.1, 0.15) is 22.2 Å². The molecule has 0 aliphatic carbocycles. The predicted octanol–water partition coefficient (Wildman–Crippen LogP) is 9.08. The van der Waals surface area contributed by atoms with E-state index in [2.05, 4.69) is 45.7 Å². The number of aliphatic imine (C=N–C) groups is 2. The molecule has 0 radical (unpaired) electrons. The van der Waals surface area contributed by atoms with Gasteiger partial charge in [-0.05, 0) is 61.4 Å².